The van der Waals surface area contributed by atoms with E-state index >= 15 is 0 Å². The number of aryl methyl sites for hydroxylation is 2. The lowest BCUT2D eigenvalue weighted by Crippen LogP contribution is -2.23. The second kappa shape index (κ2) is 7.33. The molecule has 0 amide bonds. The van der Waals surface area contributed by atoms with Crippen molar-refractivity contribution in [1.29, 1.82) is 0 Å². The van der Waals surface area contributed by atoms with Crippen LogP contribution in [-0.4, -0.2) is 50.0 Å². The first kappa shape index (κ1) is 16.2. The number of aromatic nitrogens is 2. The summed E-state index contributed by atoms with van der Waals surface area (Å²) < 4.78 is 10.8. The molecule has 1 aliphatic carbocycles. The minimum absolute atomic E-state index is 0.585. The molecule has 0 aromatic carbocycles. The number of methoxy groups -OCH3 is 1. The van der Waals surface area contributed by atoms with Crippen LogP contribution < -0.4 is 4.90 Å². The summed E-state index contributed by atoms with van der Waals surface area (Å²) in [5.74, 6) is 1.74. The van der Waals surface area contributed by atoms with Crippen molar-refractivity contribution in [3.05, 3.63) is 16.8 Å². The van der Waals surface area contributed by atoms with Crippen molar-refractivity contribution in [1.82, 2.24) is 9.97 Å². The molecule has 3 heterocycles. The van der Waals surface area contributed by atoms with E-state index in [9.17, 15) is 0 Å². The summed E-state index contributed by atoms with van der Waals surface area (Å²) in [6.45, 7) is 4.27. The number of nitrogens with zero attached hydrogens (tertiary/aromatic N) is 3. The summed E-state index contributed by atoms with van der Waals surface area (Å²) in [7, 11) is 1.71. The molecular weight excluding hydrogens is 322 g/mol. The molecule has 0 spiro atoms. The zero-order chi connectivity index (χ0) is 16.4. The van der Waals surface area contributed by atoms with Crippen molar-refractivity contribution < 1.29 is 9.47 Å². The second-order valence-corrected chi connectivity index (χ2v) is 7.84. The maximum atomic E-state index is 5.72. The van der Waals surface area contributed by atoms with Gasteiger partial charge in [0, 0.05) is 31.0 Å². The van der Waals surface area contributed by atoms with Crippen molar-refractivity contribution in [3.63, 3.8) is 0 Å². The molecule has 0 radical (unpaired) electrons. The van der Waals surface area contributed by atoms with Gasteiger partial charge in [0.15, 0.2) is 0 Å². The molecule has 2 aromatic heterocycles. The molecule has 24 heavy (non-hydrogen) atoms. The average Bonchev–Trinajstić information content (AvgIpc) is 3.23. The molecule has 4 rings (SSSR count). The first-order chi connectivity index (χ1) is 11.9. The van der Waals surface area contributed by atoms with Crippen LogP contribution in [0.4, 0.5) is 5.82 Å². The van der Waals surface area contributed by atoms with Gasteiger partial charge in [-0.2, -0.15) is 0 Å². The number of anilines is 1. The molecule has 1 saturated heterocycles. The van der Waals surface area contributed by atoms with Crippen LogP contribution in [-0.2, 0) is 22.3 Å². The van der Waals surface area contributed by atoms with Crippen molar-refractivity contribution in [2.75, 3.05) is 44.9 Å². The Morgan fingerprint density at radius 2 is 2.17 bits per heavy atom. The largest absolute Gasteiger partial charge is 0.382 e. The summed E-state index contributed by atoms with van der Waals surface area (Å²) in [4.78, 5) is 14.4. The van der Waals surface area contributed by atoms with E-state index in [0.717, 1.165) is 25.5 Å². The number of rotatable bonds is 6. The van der Waals surface area contributed by atoms with Crippen molar-refractivity contribution in [2.24, 2.45) is 5.92 Å². The van der Waals surface area contributed by atoms with Crippen LogP contribution in [0.2, 0.25) is 0 Å². The van der Waals surface area contributed by atoms with E-state index in [4.69, 9.17) is 9.47 Å². The molecule has 1 atom stereocenters. The smallest absolute Gasteiger partial charge is 0.141 e. The Morgan fingerprint density at radius 1 is 1.25 bits per heavy atom. The Hall–Kier alpha value is -1.24. The SMILES string of the molecule is COCCOCC1CCN(c2ncnc3sc4c(c23)CCCC4)C1. The maximum absolute atomic E-state index is 5.72. The minimum atomic E-state index is 0.585. The molecule has 0 N–H and O–H groups in total. The summed E-state index contributed by atoms with van der Waals surface area (Å²) in [6.07, 6.45) is 7.92. The van der Waals surface area contributed by atoms with Crippen LogP contribution >= 0.6 is 11.3 Å². The number of thiophene rings is 1. The fourth-order valence-corrected chi connectivity index (χ4v) is 5.09. The van der Waals surface area contributed by atoms with Crippen LogP contribution in [0.15, 0.2) is 6.33 Å². The van der Waals surface area contributed by atoms with Crippen LogP contribution in [0, 0.1) is 5.92 Å². The normalized spacial score (nSPS) is 20.7. The molecule has 2 aromatic rings. The molecular formula is C18H25N3O2S. The number of ether oxygens (including phenoxy) is 2. The standard InChI is InChI=1S/C18H25N3O2S/c1-22-8-9-23-11-13-6-7-21(10-13)17-16-14-4-2-3-5-15(14)24-18(16)20-12-19-17/h12-13H,2-11H2,1H3. The van der Waals surface area contributed by atoms with Gasteiger partial charge in [-0.15, -0.1) is 11.3 Å². The third-order valence-electron chi connectivity index (χ3n) is 5.10. The molecule has 1 unspecified atom stereocenters. The quantitative estimate of drug-likeness (QED) is 0.752. The summed E-state index contributed by atoms with van der Waals surface area (Å²) in [5.41, 5.74) is 1.52. The number of hydrogen-bond donors (Lipinski definition) is 0. The first-order valence-corrected chi connectivity index (χ1v) is 9.75. The fourth-order valence-electron chi connectivity index (χ4n) is 3.87. The summed E-state index contributed by atoms with van der Waals surface area (Å²) in [5, 5.41) is 1.33. The Morgan fingerprint density at radius 3 is 3.08 bits per heavy atom. The monoisotopic (exact) mass is 347 g/mol. The molecule has 6 heteroatoms. The Balaban J connectivity index is 1.51. The predicted molar refractivity (Wildman–Crippen MR) is 97.1 cm³/mol. The minimum Gasteiger partial charge on any atom is -0.382 e. The molecule has 5 nitrogen and oxygen atoms in total. The zero-order valence-electron chi connectivity index (χ0n) is 14.3. The highest BCUT2D eigenvalue weighted by Crippen LogP contribution is 2.40. The summed E-state index contributed by atoms with van der Waals surface area (Å²) >= 11 is 1.88. The van der Waals surface area contributed by atoms with Gasteiger partial charge in [-0.05, 0) is 37.7 Å². The van der Waals surface area contributed by atoms with Gasteiger partial charge in [0.1, 0.15) is 17.0 Å². The second-order valence-electron chi connectivity index (χ2n) is 6.76. The molecule has 1 aliphatic heterocycles. The van der Waals surface area contributed by atoms with Crippen molar-refractivity contribution in [2.45, 2.75) is 32.1 Å². The van der Waals surface area contributed by atoms with Crippen LogP contribution in [0.1, 0.15) is 29.7 Å². The predicted octanol–water partition coefficient (Wildman–Crippen LogP) is 3.06. The van der Waals surface area contributed by atoms with Gasteiger partial charge in [0.05, 0.1) is 25.2 Å². The Bertz CT molecular complexity index is 703. The van der Waals surface area contributed by atoms with Gasteiger partial charge in [-0.1, -0.05) is 0 Å². The number of hydrogen-bond acceptors (Lipinski definition) is 6. The van der Waals surface area contributed by atoms with Gasteiger partial charge in [0.2, 0.25) is 0 Å². The van der Waals surface area contributed by atoms with Gasteiger partial charge in [-0.25, -0.2) is 9.97 Å². The fraction of sp³-hybridized carbons (Fsp3) is 0.667. The van der Waals surface area contributed by atoms with Crippen LogP contribution in [0.25, 0.3) is 10.2 Å². The lowest BCUT2D eigenvalue weighted by molar-refractivity contribution is 0.0549. The van der Waals surface area contributed by atoms with E-state index < -0.39 is 0 Å². The van der Waals surface area contributed by atoms with Crippen LogP contribution in [0.3, 0.4) is 0 Å². The lowest BCUT2D eigenvalue weighted by Gasteiger charge is -2.20. The molecule has 2 aliphatic rings. The van der Waals surface area contributed by atoms with Gasteiger partial charge in [0.25, 0.3) is 0 Å². The highest BCUT2D eigenvalue weighted by atomic mass is 32.1. The van der Waals surface area contributed by atoms with E-state index in [2.05, 4.69) is 14.9 Å². The molecule has 1 fully saturated rings. The van der Waals surface area contributed by atoms with Crippen molar-refractivity contribution in [3.8, 4) is 0 Å². The van der Waals surface area contributed by atoms with Crippen LogP contribution in [0.5, 0.6) is 0 Å². The summed E-state index contributed by atoms with van der Waals surface area (Å²) in [6, 6.07) is 0. The molecule has 130 valence electrons. The van der Waals surface area contributed by atoms with E-state index in [1.165, 1.54) is 52.8 Å². The van der Waals surface area contributed by atoms with E-state index in [1.807, 2.05) is 11.3 Å². The lowest BCUT2D eigenvalue weighted by atomic mass is 9.97. The Kier molecular flexibility index (Phi) is 4.96. The number of fused-ring (bicyclic) bond motifs is 3. The molecule has 0 bridgehead atoms. The molecule has 0 saturated carbocycles. The zero-order valence-corrected chi connectivity index (χ0v) is 15.1. The third kappa shape index (κ3) is 3.15. The topological polar surface area (TPSA) is 47.5 Å². The van der Waals surface area contributed by atoms with E-state index in [0.29, 0.717) is 19.1 Å². The third-order valence-corrected chi connectivity index (χ3v) is 6.30. The highest BCUT2D eigenvalue weighted by molar-refractivity contribution is 7.19. The maximum Gasteiger partial charge on any atom is 0.141 e. The van der Waals surface area contributed by atoms with Crippen molar-refractivity contribution >= 4 is 27.4 Å². The highest BCUT2D eigenvalue weighted by Gasteiger charge is 2.27. The van der Waals surface area contributed by atoms with Gasteiger partial charge >= 0.3 is 0 Å². The van der Waals surface area contributed by atoms with E-state index in [1.54, 1.807) is 13.4 Å². The first-order valence-electron chi connectivity index (χ1n) is 8.93. The van der Waals surface area contributed by atoms with Gasteiger partial charge in [-0.3, -0.25) is 0 Å². The Labute approximate surface area is 147 Å². The van der Waals surface area contributed by atoms with E-state index in [-0.39, 0.29) is 0 Å². The van der Waals surface area contributed by atoms with Gasteiger partial charge < -0.3 is 14.4 Å². The average molecular weight is 347 g/mol.